The van der Waals surface area contributed by atoms with Gasteiger partial charge in [-0.2, -0.15) is 0 Å². The van der Waals surface area contributed by atoms with E-state index in [9.17, 15) is 4.79 Å². The van der Waals surface area contributed by atoms with Gasteiger partial charge in [-0.15, -0.1) is 12.4 Å². The number of benzene rings is 1. The molecule has 1 saturated heterocycles. The largest absolute Gasteiger partial charge is 0.495 e. The molecule has 23 heavy (non-hydrogen) atoms. The molecule has 0 saturated carbocycles. The van der Waals surface area contributed by atoms with Gasteiger partial charge < -0.3 is 24.8 Å². The second-order valence-electron chi connectivity index (χ2n) is 5.00. The van der Waals surface area contributed by atoms with E-state index in [1.54, 1.807) is 12.1 Å². The summed E-state index contributed by atoms with van der Waals surface area (Å²) >= 11 is 6.07. The highest BCUT2D eigenvalue weighted by Gasteiger charge is 2.16. The molecule has 1 unspecified atom stereocenters. The normalized spacial score (nSPS) is 16.6. The molecular formula is C15H22Cl2N2O4. The predicted octanol–water partition coefficient (Wildman–Crippen LogP) is 2.49. The van der Waals surface area contributed by atoms with Crippen LogP contribution in [0.25, 0.3) is 0 Å². The number of hydrogen-bond acceptors (Lipinski definition) is 5. The molecule has 2 N–H and O–H groups in total. The number of anilines is 1. The molecule has 0 radical (unpaired) electrons. The van der Waals surface area contributed by atoms with Crippen molar-refractivity contribution in [2.45, 2.75) is 18.9 Å². The van der Waals surface area contributed by atoms with E-state index in [-0.39, 0.29) is 31.0 Å². The quantitative estimate of drug-likeness (QED) is 0.777. The van der Waals surface area contributed by atoms with Gasteiger partial charge in [0.15, 0.2) is 0 Å². The smallest absolute Gasteiger partial charge is 0.238 e. The average molecular weight is 365 g/mol. The van der Waals surface area contributed by atoms with Gasteiger partial charge in [-0.1, -0.05) is 11.6 Å². The lowest BCUT2D eigenvalue weighted by molar-refractivity contribution is -0.115. The van der Waals surface area contributed by atoms with Gasteiger partial charge in [0.2, 0.25) is 5.91 Å². The Morgan fingerprint density at radius 3 is 2.70 bits per heavy atom. The van der Waals surface area contributed by atoms with Crippen molar-refractivity contribution in [1.82, 2.24) is 5.32 Å². The zero-order valence-corrected chi connectivity index (χ0v) is 14.8. The van der Waals surface area contributed by atoms with Crippen molar-refractivity contribution in [3.8, 4) is 11.5 Å². The van der Waals surface area contributed by atoms with Crippen molar-refractivity contribution in [2.75, 3.05) is 39.2 Å². The Balaban J connectivity index is 0.00000264. The van der Waals surface area contributed by atoms with Crippen molar-refractivity contribution in [3.63, 3.8) is 0 Å². The Bertz CT molecular complexity index is 522. The number of carbonyl (C=O) groups is 1. The van der Waals surface area contributed by atoms with Crippen molar-refractivity contribution in [1.29, 1.82) is 0 Å². The molecule has 130 valence electrons. The molecule has 2 rings (SSSR count). The van der Waals surface area contributed by atoms with Crippen molar-refractivity contribution < 1.29 is 19.0 Å². The molecule has 0 aliphatic carbocycles. The van der Waals surface area contributed by atoms with Gasteiger partial charge in [0.1, 0.15) is 11.5 Å². The lowest BCUT2D eigenvalue weighted by Gasteiger charge is -2.14. The maximum atomic E-state index is 12.0. The number of halogens is 2. The van der Waals surface area contributed by atoms with Gasteiger partial charge in [-0.05, 0) is 18.9 Å². The summed E-state index contributed by atoms with van der Waals surface area (Å²) in [7, 11) is 3.04. The molecule has 1 aromatic rings. The van der Waals surface area contributed by atoms with Crippen LogP contribution in [0, 0.1) is 0 Å². The Hall–Kier alpha value is -1.21. The molecular weight excluding hydrogens is 343 g/mol. The second-order valence-corrected chi connectivity index (χ2v) is 5.41. The highest BCUT2D eigenvalue weighted by molar-refractivity contribution is 6.32. The zero-order chi connectivity index (χ0) is 15.9. The van der Waals surface area contributed by atoms with E-state index < -0.39 is 0 Å². The first-order valence-corrected chi connectivity index (χ1v) is 7.55. The van der Waals surface area contributed by atoms with Crippen LogP contribution in [0.15, 0.2) is 12.1 Å². The summed E-state index contributed by atoms with van der Waals surface area (Å²) in [4.78, 5) is 12.0. The summed E-state index contributed by atoms with van der Waals surface area (Å²) in [6.07, 6.45) is 2.33. The van der Waals surface area contributed by atoms with Gasteiger partial charge in [0.05, 0.1) is 37.6 Å². The molecule has 6 nitrogen and oxygen atoms in total. The van der Waals surface area contributed by atoms with Gasteiger partial charge >= 0.3 is 0 Å². The topological polar surface area (TPSA) is 68.8 Å². The minimum atomic E-state index is -0.169. The highest BCUT2D eigenvalue weighted by Crippen LogP contribution is 2.35. The van der Waals surface area contributed by atoms with Crippen LogP contribution in [0.3, 0.4) is 0 Å². The molecule has 0 aromatic heterocycles. The monoisotopic (exact) mass is 364 g/mol. The van der Waals surface area contributed by atoms with Crippen LogP contribution in [0.4, 0.5) is 5.69 Å². The van der Waals surface area contributed by atoms with Gasteiger partial charge in [0.25, 0.3) is 0 Å². The highest BCUT2D eigenvalue weighted by atomic mass is 35.5. The molecule has 1 aliphatic rings. The van der Waals surface area contributed by atoms with E-state index in [4.69, 9.17) is 25.8 Å². The van der Waals surface area contributed by atoms with Gasteiger partial charge in [-0.25, -0.2) is 0 Å². The SMILES string of the molecule is COc1cc(OC)c(NC(=O)CNCC2CCCO2)cc1Cl.Cl. The second kappa shape index (κ2) is 9.82. The molecule has 1 fully saturated rings. The number of carbonyl (C=O) groups excluding carboxylic acids is 1. The molecule has 0 bridgehead atoms. The standard InChI is InChI=1S/C15H21ClN2O4.ClH/c1-20-13-7-14(21-2)12(6-11(13)16)18-15(19)9-17-8-10-4-3-5-22-10;/h6-7,10,17H,3-5,8-9H2,1-2H3,(H,18,19);1H. The van der Waals surface area contributed by atoms with Crippen LogP contribution >= 0.6 is 24.0 Å². The minimum Gasteiger partial charge on any atom is -0.495 e. The maximum absolute atomic E-state index is 12.0. The first-order chi connectivity index (χ1) is 10.6. The Morgan fingerprint density at radius 2 is 2.09 bits per heavy atom. The Labute approximate surface area is 147 Å². The van der Waals surface area contributed by atoms with E-state index in [1.807, 2.05) is 0 Å². The van der Waals surface area contributed by atoms with Crippen molar-refractivity contribution >= 4 is 35.6 Å². The Kier molecular flexibility index (Phi) is 8.47. The predicted molar refractivity (Wildman–Crippen MR) is 92.3 cm³/mol. The lowest BCUT2D eigenvalue weighted by atomic mass is 10.2. The Morgan fingerprint density at radius 1 is 1.35 bits per heavy atom. The summed E-state index contributed by atoms with van der Waals surface area (Å²) in [5, 5.41) is 6.27. The van der Waals surface area contributed by atoms with Crippen LogP contribution in [0.5, 0.6) is 11.5 Å². The fourth-order valence-electron chi connectivity index (χ4n) is 2.30. The average Bonchev–Trinajstić information content (AvgIpc) is 3.01. The molecule has 1 aromatic carbocycles. The summed E-state index contributed by atoms with van der Waals surface area (Å²) in [5.41, 5.74) is 0.511. The number of methoxy groups -OCH3 is 2. The first-order valence-electron chi connectivity index (χ1n) is 7.17. The molecule has 1 amide bonds. The molecule has 8 heteroatoms. The molecule has 0 spiro atoms. The summed E-state index contributed by atoms with van der Waals surface area (Å²) in [6.45, 7) is 1.68. The summed E-state index contributed by atoms with van der Waals surface area (Å²) in [5.74, 6) is 0.819. The molecule has 1 atom stereocenters. The zero-order valence-electron chi connectivity index (χ0n) is 13.2. The number of nitrogens with one attached hydrogen (secondary N) is 2. The lowest BCUT2D eigenvalue weighted by Crippen LogP contribution is -2.33. The maximum Gasteiger partial charge on any atom is 0.238 e. The van der Waals surface area contributed by atoms with Crippen LogP contribution in [-0.4, -0.2) is 45.9 Å². The van der Waals surface area contributed by atoms with Crippen LogP contribution in [0.1, 0.15) is 12.8 Å². The summed E-state index contributed by atoms with van der Waals surface area (Å²) < 4.78 is 15.8. The van der Waals surface area contributed by atoms with Crippen LogP contribution < -0.4 is 20.1 Å². The minimum absolute atomic E-state index is 0. The fourth-order valence-corrected chi connectivity index (χ4v) is 2.54. The molecule has 1 aliphatic heterocycles. The van der Waals surface area contributed by atoms with Gasteiger partial charge in [0, 0.05) is 19.2 Å². The van der Waals surface area contributed by atoms with Gasteiger partial charge in [-0.3, -0.25) is 4.79 Å². The van der Waals surface area contributed by atoms with E-state index in [1.165, 1.54) is 14.2 Å². The number of amides is 1. The number of ether oxygens (including phenoxy) is 3. The summed E-state index contributed by atoms with van der Waals surface area (Å²) in [6, 6.07) is 3.24. The van der Waals surface area contributed by atoms with Crippen LogP contribution in [0.2, 0.25) is 5.02 Å². The third-order valence-electron chi connectivity index (χ3n) is 3.43. The van der Waals surface area contributed by atoms with E-state index >= 15 is 0 Å². The van der Waals surface area contributed by atoms with E-state index in [0.717, 1.165) is 19.4 Å². The van der Waals surface area contributed by atoms with Crippen molar-refractivity contribution in [3.05, 3.63) is 17.2 Å². The third kappa shape index (κ3) is 5.73. The third-order valence-corrected chi connectivity index (χ3v) is 3.72. The van der Waals surface area contributed by atoms with Crippen LogP contribution in [-0.2, 0) is 9.53 Å². The first kappa shape index (κ1) is 19.8. The fraction of sp³-hybridized carbons (Fsp3) is 0.533. The molecule has 1 heterocycles. The number of rotatable bonds is 7. The van der Waals surface area contributed by atoms with E-state index in [2.05, 4.69) is 10.6 Å². The van der Waals surface area contributed by atoms with Crippen molar-refractivity contribution in [2.24, 2.45) is 0 Å². The van der Waals surface area contributed by atoms with E-state index in [0.29, 0.717) is 28.8 Å². The number of hydrogen-bond donors (Lipinski definition) is 2.